The monoisotopic (exact) mass is 451 g/mol. The van der Waals surface area contributed by atoms with Crippen LogP contribution in [0.25, 0.3) is 15.9 Å². The lowest BCUT2D eigenvalue weighted by Crippen LogP contribution is -2.38. The van der Waals surface area contributed by atoms with E-state index in [9.17, 15) is 4.79 Å². The smallest absolute Gasteiger partial charge is 0.276 e. The second-order valence-corrected chi connectivity index (χ2v) is 9.50. The van der Waals surface area contributed by atoms with E-state index in [0.29, 0.717) is 29.7 Å². The van der Waals surface area contributed by atoms with Crippen molar-refractivity contribution in [3.63, 3.8) is 0 Å². The van der Waals surface area contributed by atoms with Gasteiger partial charge in [0.05, 0.1) is 26.6 Å². The average Bonchev–Trinajstić information content (AvgIpc) is 3.37. The lowest BCUT2D eigenvalue weighted by atomic mass is 9.97. The van der Waals surface area contributed by atoms with Gasteiger partial charge in [-0.25, -0.2) is 9.67 Å². The van der Waals surface area contributed by atoms with E-state index in [-0.39, 0.29) is 5.91 Å². The lowest BCUT2D eigenvalue weighted by Gasteiger charge is -2.30. The highest BCUT2D eigenvalue weighted by molar-refractivity contribution is 7.18. The molecule has 8 heteroatoms. The SMILES string of the molecule is Cc1ccc(-n2nnc(C(=O)N3CCC(c4nc5cc(Cl)ccc5s4)CC3)c2C)cc1. The number of likely N-dealkylation sites (tertiary alicyclic amines) is 1. The van der Waals surface area contributed by atoms with Crippen LogP contribution in [0.1, 0.15) is 45.5 Å². The molecule has 1 fully saturated rings. The quantitative estimate of drug-likeness (QED) is 0.431. The third-order valence-corrected chi connectivity index (χ3v) is 7.31. The molecule has 3 heterocycles. The van der Waals surface area contributed by atoms with E-state index < -0.39 is 0 Å². The van der Waals surface area contributed by atoms with E-state index >= 15 is 0 Å². The standard InChI is InChI=1S/C23H22ClN5OS/c1-14-3-6-18(7-4-14)29-15(2)21(26-27-29)23(30)28-11-9-16(10-12-28)22-25-19-13-17(24)5-8-20(19)31-22/h3-8,13,16H,9-12H2,1-2H3. The molecule has 0 atom stereocenters. The Morgan fingerprint density at radius 3 is 2.58 bits per heavy atom. The average molecular weight is 452 g/mol. The number of hydrogen-bond acceptors (Lipinski definition) is 5. The van der Waals surface area contributed by atoms with Crippen LogP contribution in [0.15, 0.2) is 42.5 Å². The third-order valence-electron chi connectivity index (χ3n) is 5.87. The Morgan fingerprint density at radius 1 is 1.10 bits per heavy atom. The van der Waals surface area contributed by atoms with E-state index in [2.05, 4.69) is 10.3 Å². The van der Waals surface area contributed by atoms with Crippen molar-refractivity contribution in [2.45, 2.75) is 32.6 Å². The van der Waals surface area contributed by atoms with Crippen LogP contribution >= 0.6 is 22.9 Å². The fourth-order valence-electron chi connectivity index (χ4n) is 4.03. The summed E-state index contributed by atoms with van der Waals surface area (Å²) in [7, 11) is 0. The molecule has 0 radical (unpaired) electrons. The summed E-state index contributed by atoms with van der Waals surface area (Å²) >= 11 is 7.82. The second-order valence-electron chi connectivity index (χ2n) is 8.00. The number of piperidine rings is 1. The summed E-state index contributed by atoms with van der Waals surface area (Å²) in [6.07, 6.45) is 1.79. The molecule has 1 saturated heterocycles. The van der Waals surface area contributed by atoms with Crippen LogP contribution in [0.4, 0.5) is 0 Å². The van der Waals surface area contributed by atoms with Crippen molar-refractivity contribution in [2.75, 3.05) is 13.1 Å². The minimum Gasteiger partial charge on any atom is -0.337 e. The summed E-state index contributed by atoms with van der Waals surface area (Å²) in [6.45, 7) is 5.32. The van der Waals surface area contributed by atoms with Gasteiger partial charge in [0, 0.05) is 24.0 Å². The minimum absolute atomic E-state index is 0.0506. The number of aryl methyl sites for hydroxylation is 1. The number of halogens is 1. The predicted molar refractivity (Wildman–Crippen MR) is 123 cm³/mol. The molecule has 2 aromatic carbocycles. The van der Waals surface area contributed by atoms with Gasteiger partial charge in [0.1, 0.15) is 0 Å². The van der Waals surface area contributed by atoms with Crippen molar-refractivity contribution < 1.29 is 4.79 Å². The maximum absolute atomic E-state index is 13.1. The molecule has 31 heavy (non-hydrogen) atoms. The third kappa shape index (κ3) is 3.83. The van der Waals surface area contributed by atoms with Crippen LogP contribution in [0.2, 0.25) is 5.02 Å². The summed E-state index contributed by atoms with van der Waals surface area (Å²) in [4.78, 5) is 19.8. The highest BCUT2D eigenvalue weighted by Crippen LogP contribution is 2.35. The van der Waals surface area contributed by atoms with Crippen LogP contribution in [-0.2, 0) is 0 Å². The highest BCUT2D eigenvalue weighted by Gasteiger charge is 2.29. The number of carbonyl (C=O) groups excluding carboxylic acids is 1. The molecule has 0 unspecified atom stereocenters. The molecule has 5 rings (SSSR count). The van der Waals surface area contributed by atoms with E-state index in [1.807, 2.05) is 61.2 Å². The molecule has 1 amide bonds. The molecule has 2 aromatic heterocycles. The van der Waals surface area contributed by atoms with Crippen LogP contribution in [0.5, 0.6) is 0 Å². The van der Waals surface area contributed by atoms with Crippen molar-refractivity contribution in [3.8, 4) is 5.69 Å². The van der Waals surface area contributed by atoms with Crippen LogP contribution in [0, 0.1) is 13.8 Å². The minimum atomic E-state index is -0.0506. The van der Waals surface area contributed by atoms with Crippen molar-refractivity contribution in [2.24, 2.45) is 0 Å². The van der Waals surface area contributed by atoms with E-state index in [1.54, 1.807) is 16.0 Å². The summed E-state index contributed by atoms with van der Waals surface area (Å²) in [5.41, 5.74) is 4.23. The number of carbonyl (C=O) groups is 1. The number of thiazole rings is 1. The van der Waals surface area contributed by atoms with Gasteiger partial charge in [-0.1, -0.05) is 34.5 Å². The van der Waals surface area contributed by atoms with Crippen molar-refractivity contribution in [3.05, 3.63) is 69.4 Å². The molecular formula is C23H22ClN5OS. The zero-order chi connectivity index (χ0) is 21.5. The number of fused-ring (bicyclic) bond motifs is 1. The van der Waals surface area contributed by atoms with Crippen LogP contribution < -0.4 is 0 Å². The largest absolute Gasteiger partial charge is 0.337 e. The zero-order valence-electron chi connectivity index (χ0n) is 17.4. The first kappa shape index (κ1) is 20.2. The van der Waals surface area contributed by atoms with E-state index in [0.717, 1.165) is 39.4 Å². The number of benzene rings is 2. The van der Waals surface area contributed by atoms with Crippen molar-refractivity contribution in [1.29, 1.82) is 0 Å². The van der Waals surface area contributed by atoms with E-state index in [1.165, 1.54) is 5.56 Å². The molecule has 0 spiro atoms. The first-order chi connectivity index (χ1) is 15.0. The topological polar surface area (TPSA) is 63.9 Å². The van der Waals surface area contributed by atoms with Gasteiger partial charge in [0.15, 0.2) is 5.69 Å². The second kappa shape index (κ2) is 8.05. The molecular weight excluding hydrogens is 430 g/mol. The molecule has 0 N–H and O–H groups in total. The van der Waals surface area contributed by atoms with Crippen molar-refractivity contribution >= 4 is 39.1 Å². The Bertz CT molecular complexity index is 1250. The van der Waals surface area contributed by atoms with Gasteiger partial charge in [0.25, 0.3) is 5.91 Å². The Balaban J connectivity index is 1.29. The Hall–Kier alpha value is -2.77. The Labute approximate surface area is 189 Å². The molecule has 1 aliphatic heterocycles. The molecule has 0 aliphatic carbocycles. The number of rotatable bonds is 3. The fourth-order valence-corrected chi connectivity index (χ4v) is 5.31. The Morgan fingerprint density at radius 2 is 1.84 bits per heavy atom. The highest BCUT2D eigenvalue weighted by atomic mass is 35.5. The first-order valence-electron chi connectivity index (χ1n) is 10.3. The predicted octanol–water partition coefficient (Wildman–Crippen LogP) is 5.17. The summed E-state index contributed by atoms with van der Waals surface area (Å²) in [5.74, 6) is 0.315. The van der Waals surface area contributed by atoms with Gasteiger partial charge >= 0.3 is 0 Å². The Kier molecular flexibility index (Phi) is 5.24. The molecule has 0 saturated carbocycles. The van der Waals surface area contributed by atoms with Crippen LogP contribution in [-0.4, -0.2) is 43.9 Å². The van der Waals surface area contributed by atoms with Gasteiger partial charge in [-0.15, -0.1) is 16.4 Å². The maximum Gasteiger partial charge on any atom is 0.276 e. The number of hydrogen-bond donors (Lipinski definition) is 0. The summed E-state index contributed by atoms with van der Waals surface area (Å²) in [6, 6.07) is 13.9. The molecule has 1 aliphatic rings. The normalized spacial score (nSPS) is 15.0. The van der Waals surface area contributed by atoms with Gasteiger partial charge in [-0.2, -0.15) is 0 Å². The number of amides is 1. The van der Waals surface area contributed by atoms with Gasteiger partial charge in [0.2, 0.25) is 0 Å². The molecule has 6 nitrogen and oxygen atoms in total. The van der Waals surface area contributed by atoms with Crippen molar-refractivity contribution in [1.82, 2.24) is 24.9 Å². The number of aromatic nitrogens is 4. The van der Waals surface area contributed by atoms with Gasteiger partial charge in [-0.3, -0.25) is 4.79 Å². The zero-order valence-corrected chi connectivity index (χ0v) is 19.0. The number of nitrogens with zero attached hydrogens (tertiary/aromatic N) is 5. The van der Waals surface area contributed by atoms with Gasteiger partial charge in [-0.05, 0) is 57.0 Å². The summed E-state index contributed by atoms with van der Waals surface area (Å²) < 4.78 is 2.88. The summed E-state index contributed by atoms with van der Waals surface area (Å²) in [5, 5.41) is 10.3. The maximum atomic E-state index is 13.1. The molecule has 4 aromatic rings. The van der Waals surface area contributed by atoms with E-state index in [4.69, 9.17) is 16.6 Å². The lowest BCUT2D eigenvalue weighted by molar-refractivity contribution is 0.0706. The molecule has 0 bridgehead atoms. The van der Waals surface area contributed by atoms with Crippen LogP contribution in [0.3, 0.4) is 0 Å². The first-order valence-corrected chi connectivity index (χ1v) is 11.5. The van der Waals surface area contributed by atoms with Gasteiger partial charge < -0.3 is 4.90 Å². The molecule has 158 valence electrons. The fraction of sp³-hybridized carbons (Fsp3) is 0.304.